The molecule has 1 heterocycles. The Morgan fingerprint density at radius 3 is 1.71 bits per heavy atom. The molecule has 0 aromatic carbocycles. The molecule has 1 fully saturated rings. The van der Waals surface area contributed by atoms with Crippen LogP contribution in [0.3, 0.4) is 0 Å². The second-order valence-corrected chi connectivity index (χ2v) is 2.77. The van der Waals surface area contributed by atoms with Crippen molar-refractivity contribution in [2.24, 2.45) is 0 Å². The smallest absolute Gasteiger partial charge is 0.403 e. The monoisotopic (exact) mass is 242 g/mol. The normalized spacial score (nSPS) is 14.5. The van der Waals surface area contributed by atoms with Gasteiger partial charge in [0.25, 0.3) is 0 Å². The molecule has 0 saturated carbocycles. The molecule has 1 aliphatic heterocycles. The molecule has 6 heteroatoms. The van der Waals surface area contributed by atoms with Crippen LogP contribution < -0.4 is 0 Å². The van der Waals surface area contributed by atoms with Crippen molar-refractivity contribution >= 4 is 18.1 Å². The van der Waals surface area contributed by atoms with Gasteiger partial charge < -0.3 is 14.2 Å². The Morgan fingerprint density at radius 2 is 1.47 bits per heavy atom. The fourth-order valence-corrected chi connectivity index (χ4v) is 0.708. The van der Waals surface area contributed by atoms with Crippen LogP contribution in [-0.2, 0) is 23.8 Å². The summed E-state index contributed by atoms with van der Waals surface area (Å²) >= 11 is 0. The fraction of sp³-hybridized carbons (Fsp3) is 0.364. The van der Waals surface area contributed by atoms with Gasteiger partial charge in [-0.3, -0.25) is 9.59 Å². The summed E-state index contributed by atoms with van der Waals surface area (Å²) in [6, 6.07) is 0. The zero-order valence-corrected chi connectivity index (χ0v) is 9.67. The summed E-state index contributed by atoms with van der Waals surface area (Å²) in [7, 11) is 0. The second-order valence-electron chi connectivity index (χ2n) is 2.77. The maximum Gasteiger partial charge on any atom is 0.518 e. The maximum absolute atomic E-state index is 10.4. The molecule has 1 rings (SSSR count). The van der Waals surface area contributed by atoms with Gasteiger partial charge in [-0.25, -0.2) is 4.79 Å². The van der Waals surface area contributed by atoms with E-state index in [1.807, 2.05) is 0 Å². The molecule has 0 aromatic heterocycles. The molecule has 0 spiro atoms. The largest absolute Gasteiger partial charge is 0.518 e. The molecule has 1 aliphatic rings. The number of esters is 2. The lowest BCUT2D eigenvalue weighted by Gasteiger charge is -1.93. The van der Waals surface area contributed by atoms with Crippen LogP contribution in [-0.4, -0.2) is 18.1 Å². The van der Waals surface area contributed by atoms with Crippen LogP contribution in [0.4, 0.5) is 4.79 Å². The summed E-state index contributed by atoms with van der Waals surface area (Å²) in [6.07, 6.45) is 5.50. The molecule has 0 N–H and O–H groups in total. The van der Waals surface area contributed by atoms with Crippen LogP contribution in [0.15, 0.2) is 24.7 Å². The number of hydrogen-bond acceptors (Lipinski definition) is 6. The minimum absolute atomic E-state index is 0.263. The summed E-state index contributed by atoms with van der Waals surface area (Å²) < 4.78 is 12.9. The number of carbonyl (C=O) groups is 3. The minimum atomic E-state index is -0.726. The van der Waals surface area contributed by atoms with Crippen molar-refractivity contribution in [2.75, 3.05) is 0 Å². The number of carbonyl (C=O) groups excluding carboxylic acids is 3. The highest BCUT2D eigenvalue weighted by Gasteiger charge is 2.19. The number of allylic oxidation sites excluding steroid dienone is 2. The van der Waals surface area contributed by atoms with Crippen LogP contribution in [0.1, 0.15) is 26.7 Å². The van der Waals surface area contributed by atoms with Crippen molar-refractivity contribution in [3.05, 3.63) is 24.7 Å². The quantitative estimate of drug-likeness (QED) is 0.419. The standard InChI is InChI=1S/C7H10O3.C4H4O3/c1-3-5-9-7(8)10-6-4-2;5-3-1-2-4(6)7-3/h3-6H,1-2H3;1-2H2. The maximum atomic E-state index is 10.4. The van der Waals surface area contributed by atoms with Crippen LogP contribution in [0.2, 0.25) is 0 Å². The Balaban J connectivity index is 0.000000318. The number of hydrogen-bond donors (Lipinski definition) is 0. The van der Waals surface area contributed by atoms with E-state index in [1.165, 1.54) is 12.5 Å². The van der Waals surface area contributed by atoms with E-state index < -0.39 is 18.1 Å². The van der Waals surface area contributed by atoms with Gasteiger partial charge in [0.15, 0.2) is 0 Å². The van der Waals surface area contributed by atoms with Crippen LogP contribution in [0.5, 0.6) is 0 Å². The number of ether oxygens (including phenoxy) is 3. The lowest BCUT2D eigenvalue weighted by atomic mass is 10.4. The molecular weight excluding hydrogens is 228 g/mol. The van der Waals surface area contributed by atoms with Crippen LogP contribution in [0.25, 0.3) is 0 Å². The van der Waals surface area contributed by atoms with Crippen molar-refractivity contribution in [3.63, 3.8) is 0 Å². The minimum Gasteiger partial charge on any atom is -0.403 e. The summed E-state index contributed by atoms with van der Waals surface area (Å²) in [5.41, 5.74) is 0. The summed E-state index contributed by atoms with van der Waals surface area (Å²) in [5, 5.41) is 0. The first-order chi connectivity index (χ1) is 8.10. The Kier molecular flexibility index (Phi) is 8.01. The molecular formula is C11H14O6. The molecule has 0 amide bonds. The lowest BCUT2D eigenvalue weighted by Crippen LogP contribution is -1.97. The Labute approximate surface area is 98.8 Å². The molecule has 0 radical (unpaired) electrons. The number of cyclic esters (lactones) is 2. The van der Waals surface area contributed by atoms with Gasteiger partial charge in [-0.1, -0.05) is 12.2 Å². The highest BCUT2D eigenvalue weighted by molar-refractivity contribution is 5.92. The summed E-state index contributed by atoms with van der Waals surface area (Å²) in [4.78, 5) is 30.4. The zero-order valence-electron chi connectivity index (χ0n) is 9.67. The first-order valence-electron chi connectivity index (χ1n) is 4.93. The van der Waals surface area contributed by atoms with E-state index in [0.717, 1.165) is 0 Å². The van der Waals surface area contributed by atoms with E-state index in [4.69, 9.17) is 0 Å². The molecule has 0 aliphatic carbocycles. The Morgan fingerprint density at radius 1 is 1.06 bits per heavy atom. The zero-order chi connectivity index (χ0) is 13.1. The van der Waals surface area contributed by atoms with Gasteiger partial charge in [0.1, 0.15) is 0 Å². The van der Waals surface area contributed by atoms with E-state index in [9.17, 15) is 14.4 Å². The predicted octanol–water partition coefficient (Wildman–Crippen LogP) is 2.06. The van der Waals surface area contributed by atoms with Gasteiger partial charge in [-0.2, -0.15) is 0 Å². The van der Waals surface area contributed by atoms with Gasteiger partial charge in [-0.05, 0) is 13.8 Å². The van der Waals surface area contributed by atoms with Crippen molar-refractivity contribution in [1.82, 2.24) is 0 Å². The second kappa shape index (κ2) is 9.14. The van der Waals surface area contributed by atoms with Gasteiger partial charge in [0.05, 0.1) is 25.4 Å². The summed E-state index contributed by atoms with van der Waals surface area (Å²) in [5.74, 6) is -0.796. The third-order valence-corrected chi connectivity index (χ3v) is 1.36. The number of rotatable bonds is 2. The molecule has 0 bridgehead atoms. The van der Waals surface area contributed by atoms with Gasteiger partial charge in [0.2, 0.25) is 0 Å². The third kappa shape index (κ3) is 8.86. The SMILES string of the molecule is CC=COC(=O)OC=CC.O=C1CCC(=O)O1. The topological polar surface area (TPSA) is 78.9 Å². The molecule has 6 nitrogen and oxygen atoms in total. The van der Waals surface area contributed by atoms with Crippen molar-refractivity contribution in [1.29, 1.82) is 0 Å². The molecule has 0 atom stereocenters. The van der Waals surface area contributed by atoms with Crippen molar-refractivity contribution < 1.29 is 28.6 Å². The molecule has 17 heavy (non-hydrogen) atoms. The molecule has 94 valence electrons. The van der Waals surface area contributed by atoms with E-state index in [-0.39, 0.29) is 12.8 Å². The first-order valence-corrected chi connectivity index (χ1v) is 4.93. The highest BCUT2D eigenvalue weighted by atomic mass is 16.7. The van der Waals surface area contributed by atoms with Crippen molar-refractivity contribution in [2.45, 2.75) is 26.7 Å². The average Bonchev–Trinajstić information content (AvgIpc) is 2.68. The summed E-state index contributed by atoms with van der Waals surface area (Å²) in [6.45, 7) is 3.48. The van der Waals surface area contributed by atoms with Crippen LogP contribution in [0, 0.1) is 0 Å². The fourth-order valence-electron chi connectivity index (χ4n) is 0.708. The highest BCUT2D eigenvalue weighted by Crippen LogP contribution is 2.03. The van der Waals surface area contributed by atoms with E-state index in [0.29, 0.717) is 0 Å². The Bertz CT molecular complexity index is 299. The van der Waals surface area contributed by atoms with Gasteiger partial charge in [-0.15, -0.1) is 0 Å². The Hall–Kier alpha value is -2.11. The van der Waals surface area contributed by atoms with Gasteiger partial charge in [0, 0.05) is 0 Å². The average molecular weight is 242 g/mol. The van der Waals surface area contributed by atoms with Crippen LogP contribution >= 0.6 is 0 Å². The molecule has 0 unspecified atom stereocenters. The van der Waals surface area contributed by atoms with E-state index >= 15 is 0 Å². The lowest BCUT2D eigenvalue weighted by molar-refractivity contribution is -0.151. The molecule has 0 aromatic rings. The van der Waals surface area contributed by atoms with Gasteiger partial charge >= 0.3 is 18.1 Å². The third-order valence-electron chi connectivity index (χ3n) is 1.36. The van der Waals surface area contributed by atoms with Crippen molar-refractivity contribution in [3.8, 4) is 0 Å². The first kappa shape index (κ1) is 14.9. The van der Waals surface area contributed by atoms with E-state index in [2.05, 4.69) is 14.2 Å². The predicted molar refractivity (Wildman–Crippen MR) is 57.5 cm³/mol. The molecule has 1 saturated heterocycles. The van der Waals surface area contributed by atoms with E-state index in [1.54, 1.807) is 26.0 Å².